The Bertz CT molecular complexity index is 1090. The number of fused-ring (bicyclic) bond motifs is 1. The Kier molecular flexibility index (Phi) is 6.13. The maximum Gasteiger partial charge on any atom is 0.331 e. The van der Waals surface area contributed by atoms with Gasteiger partial charge in [0.2, 0.25) is 0 Å². The highest BCUT2D eigenvalue weighted by molar-refractivity contribution is 5.73. The first-order chi connectivity index (χ1) is 13.6. The van der Waals surface area contributed by atoms with Crippen molar-refractivity contribution >= 4 is 11.0 Å². The first-order valence-corrected chi connectivity index (χ1v) is 9.40. The molecule has 7 nitrogen and oxygen atoms in total. The highest BCUT2D eigenvalue weighted by atomic mass is 16.5. The number of aromatic nitrogens is 3. The van der Waals surface area contributed by atoms with E-state index in [0.29, 0.717) is 35.5 Å². The second-order valence-electron chi connectivity index (χ2n) is 6.56. The fourth-order valence-electron chi connectivity index (χ4n) is 3.25. The summed E-state index contributed by atoms with van der Waals surface area (Å²) in [6, 6.07) is 9.11. The third-order valence-corrected chi connectivity index (χ3v) is 4.79. The Hall–Kier alpha value is -3.09. The number of aryl methyl sites for hydroxylation is 2. The standard InChI is InChI=1S/C21H25N3O4/c1-4-5-12-23-16-7-6-11-22-19(16)20(25)24(21(23)26)13-10-15-8-9-17(27-2)18(14-15)28-3/h6-9,11,14H,4-5,10,12-13H2,1-3H3. The van der Waals surface area contributed by atoms with Crippen molar-refractivity contribution in [3.05, 3.63) is 62.9 Å². The molecule has 0 saturated heterocycles. The molecule has 0 saturated carbocycles. The van der Waals surface area contributed by atoms with Gasteiger partial charge in [0.05, 0.1) is 19.7 Å². The van der Waals surface area contributed by atoms with E-state index in [1.165, 1.54) is 4.57 Å². The molecule has 1 aromatic carbocycles. The molecule has 148 valence electrons. The monoisotopic (exact) mass is 383 g/mol. The van der Waals surface area contributed by atoms with Gasteiger partial charge in [0, 0.05) is 19.3 Å². The van der Waals surface area contributed by atoms with Crippen LogP contribution in [0, 0.1) is 0 Å². The average molecular weight is 383 g/mol. The molecule has 0 radical (unpaired) electrons. The molecule has 0 amide bonds. The number of nitrogens with zero attached hydrogens (tertiary/aromatic N) is 3. The van der Waals surface area contributed by atoms with Gasteiger partial charge in [-0.2, -0.15) is 0 Å². The predicted molar refractivity (Wildman–Crippen MR) is 108 cm³/mol. The second-order valence-corrected chi connectivity index (χ2v) is 6.56. The lowest BCUT2D eigenvalue weighted by Gasteiger charge is -2.14. The summed E-state index contributed by atoms with van der Waals surface area (Å²) < 4.78 is 13.5. The first-order valence-electron chi connectivity index (χ1n) is 9.40. The fourth-order valence-corrected chi connectivity index (χ4v) is 3.25. The van der Waals surface area contributed by atoms with Crippen LogP contribution in [-0.4, -0.2) is 28.3 Å². The number of methoxy groups -OCH3 is 2. The van der Waals surface area contributed by atoms with E-state index < -0.39 is 0 Å². The zero-order valence-electron chi connectivity index (χ0n) is 16.5. The molecule has 28 heavy (non-hydrogen) atoms. The summed E-state index contributed by atoms with van der Waals surface area (Å²) in [4.78, 5) is 30.1. The third kappa shape index (κ3) is 3.78. The van der Waals surface area contributed by atoms with Gasteiger partial charge in [-0.05, 0) is 42.7 Å². The van der Waals surface area contributed by atoms with Crippen LogP contribution in [0.25, 0.3) is 11.0 Å². The molecular weight excluding hydrogens is 358 g/mol. The molecule has 2 aromatic heterocycles. The maximum atomic E-state index is 13.0. The Morgan fingerprint density at radius 3 is 2.50 bits per heavy atom. The molecule has 2 heterocycles. The average Bonchev–Trinajstić information content (AvgIpc) is 2.73. The molecule has 0 spiro atoms. The fraction of sp³-hybridized carbons (Fsp3) is 0.381. The van der Waals surface area contributed by atoms with E-state index in [1.807, 2.05) is 18.2 Å². The van der Waals surface area contributed by atoms with Crippen molar-refractivity contribution < 1.29 is 9.47 Å². The van der Waals surface area contributed by atoms with E-state index in [2.05, 4.69) is 11.9 Å². The molecule has 3 aromatic rings. The van der Waals surface area contributed by atoms with Crippen LogP contribution in [-0.2, 0) is 19.5 Å². The Labute approximate surface area is 163 Å². The molecule has 0 bridgehead atoms. The van der Waals surface area contributed by atoms with Gasteiger partial charge in [-0.3, -0.25) is 13.9 Å². The number of hydrogen-bond donors (Lipinski definition) is 0. The Morgan fingerprint density at radius 2 is 1.79 bits per heavy atom. The van der Waals surface area contributed by atoms with Gasteiger partial charge in [-0.25, -0.2) is 9.78 Å². The van der Waals surface area contributed by atoms with Gasteiger partial charge in [0.25, 0.3) is 5.56 Å². The second kappa shape index (κ2) is 8.73. The van der Waals surface area contributed by atoms with Gasteiger partial charge in [-0.15, -0.1) is 0 Å². The number of pyridine rings is 1. The summed E-state index contributed by atoms with van der Waals surface area (Å²) in [6.07, 6.45) is 3.91. The minimum absolute atomic E-state index is 0.270. The van der Waals surface area contributed by atoms with Crippen LogP contribution in [0.3, 0.4) is 0 Å². The van der Waals surface area contributed by atoms with Gasteiger partial charge in [-0.1, -0.05) is 19.4 Å². The van der Waals surface area contributed by atoms with Crippen molar-refractivity contribution in [2.45, 2.75) is 39.3 Å². The summed E-state index contributed by atoms with van der Waals surface area (Å²) in [6.45, 7) is 2.90. The number of benzene rings is 1. The van der Waals surface area contributed by atoms with Crippen LogP contribution in [0.15, 0.2) is 46.1 Å². The van der Waals surface area contributed by atoms with Crippen LogP contribution in [0.2, 0.25) is 0 Å². The number of rotatable bonds is 8. The molecule has 0 aliphatic heterocycles. The van der Waals surface area contributed by atoms with E-state index in [1.54, 1.807) is 37.1 Å². The van der Waals surface area contributed by atoms with Gasteiger partial charge in [0.1, 0.15) is 0 Å². The summed E-state index contributed by atoms with van der Waals surface area (Å²) in [5, 5.41) is 0. The van der Waals surface area contributed by atoms with Crippen molar-refractivity contribution in [1.29, 1.82) is 0 Å². The first kappa shape index (κ1) is 19.7. The molecule has 0 N–H and O–H groups in total. The van der Waals surface area contributed by atoms with Crippen LogP contribution in [0.5, 0.6) is 11.5 Å². The minimum atomic E-state index is -0.353. The summed E-state index contributed by atoms with van der Waals surface area (Å²) in [5.41, 5.74) is 1.22. The maximum absolute atomic E-state index is 13.0. The summed E-state index contributed by atoms with van der Waals surface area (Å²) in [5.74, 6) is 1.26. The van der Waals surface area contributed by atoms with Crippen molar-refractivity contribution in [3.8, 4) is 11.5 Å². The largest absolute Gasteiger partial charge is 0.493 e. The SMILES string of the molecule is CCCCn1c(=O)n(CCc2ccc(OC)c(OC)c2)c(=O)c2ncccc21. The third-order valence-electron chi connectivity index (χ3n) is 4.79. The molecular formula is C21H25N3O4. The smallest absolute Gasteiger partial charge is 0.331 e. The van der Waals surface area contributed by atoms with Crippen LogP contribution in [0.4, 0.5) is 0 Å². The zero-order valence-corrected chi connectivity index (χ0v) is 16.5. The molecule has 0 aliphatic rings. The lowest BCUT2D eigenvalue weighted by atomic mass is 10.1. The zero-order chi connectivity index (χ0) is 20.1. The van der Waals surface area contributed by atoms with E-state index in [4.69, 9.17) is 9.47 Å². The van der Waals surface area contributed by atoms with Crippen molar-refractivity contribution in [2.24, 2.45) is 0 Å². The Morgan fingerprint density at radius 1 is 1.00 bits per heavy atom. The minimum Gasteiger partial charge on any atom is -0.493 e. The molecule has 3 rings (SSSR count). The van der Waals surface area contributed by atoms with E-state index >= 15 is 0 Å². The normalized spacial score (nSPS) is 11.0. The Balaban J connectivity index is 1.99. The lowest BCUT2D eigenvalue weighted by Crippen LogP contribution is -2.41. The number of ether oxygens (including phenoxy) is 2. The molecule has 0 fully saturated rings. The summed E-state index contributed by atoms with van der Waals surface area (Å²) >= 11 is 0. The van der Waals surface area contributed by atoms with Crippen molar-refractivity contribution in [3.63, 3.8) is 0 Å². The number of unbranched alkanes of at least 4 members (excludes halogenated alkanes) is 1. The van der Waals surface area contributed by atoms with Gasteiger partial charge < -0.3 is 9.47 Å². The highest BCUT2D eigenvalue weighted by Crippen LogP contribution is 2.27. The lowest BCUT2D eigenvalue weighted by molar-refractivity contribution is 0.354. The summed E-state index contributed by atoms with van der Waals surface area (Å²) in [7, 11) is 3.16. The van der Waals surface area contributed by atoms with E-state index in [0.717, 1.165) is 18.4 Å². The van der Waals surface area contributed by atoms with Crippen LogP contribution in [0.1, 0.15) is 25.3 Å². The van der Waals surface area contributed by atoms with Crippen molar-refractivity contribution in [1.82, 2.24) is 14.1 Å². The van der Waals surface area contributed by atoms with Gasteiger partial charge in [0.15, 0.2) is 17.0 Å². The molecule has 0 aliphatic carbocycles. The highest BCUT2D eigenvalue weighted by Gasteiger charge is 2.14. The number of hydrogen-bond acceptors (Lipinski definition) is 5. The van der Waals surface area contributed by atoms with Crippen LogP contribution >= 0.6 is 0 Å². The molecule has 0 unspecified atom stereocenters. The topological polar surface area (TPSA) is 75.3 Å². The van der Waals surface area contributed by atoms with E-state index in [9.17, 15) is 9.59 Å². The van der Waals surface area contributed by atoms with E-state index in [-0.39, 0.29) is 17.8 Å². The molecule has 7 heteroatoms. The quantitative estimate of drug-likeness (QED) is 0.598. The molecule has 0 atom stereocenters. The van der Waals surface area contributed by atoms with Crippen LogP contribution < -0.4 is 20.7 Å². The van der Waals surface area contributed by atoms with Gasteiger partial charge >= 0.3 is 5.69 Å². The predicted octanol–water partition coefficient (Wildman–Crippen LogP) is 2.62. The van der Waals surface area contributed by atoms with Crippen molar-refractivity contribution in [2.75, 3.05) is 14.2 Å².